The van der Waals surface area contributed by atoms with Crippen LogP contribution in [0.4, 0.5) is 10.1 Å². The van der Waals surface area contributed by atoms with Gasteiger partial charge in [-0.05, 0) is 41.5 Å². The summed E-state index contributed by atoms with van der Waals surface area (Å²) in [5.41, 5.74) is 2.30. The summed E-state index contributed by atoms with van der Waals surface area (Å²) in [6.45, 7) is 1.88. The number of aromatic nitrogens is 1. The molecule has 2 atom stereocenters. The molecule has 3 heterocycles. The van der Waals surface area contributed by atoms with Crippen LogP contribution in [-0.2, 0) is 4.79 Å². The molecule has 5 rings (SSSR count). The molecule has 0 N–H and O–H groups in total. The highest BCUT2D eigenvalue weighted by atomic mass is 19.1. The number of rotatable bonds is 5. The van der Waals surface area contributed by atoms with Crippen molar-refractivity contribution < 1.29 is 23.5 Å². The summed E-state index contributed by atoms with van der Waals surface area (Å²) >= 11 is 0. The Balaban J connectivity index is 1.52. The molecule has 0 radical (unpaired) electrons. The van der Waals surface area contributed by atoms with Gasteiger partial charge in [0.1, 0.15) is 5.82 Å². The second-order valence-electron chi connectivity index (χ2n) is 9.18. The lowest BCUT2D eigenvalue weighted by atomic mass is 9.79. The Hall–Kier alpha value is -4.14. The minimum absolute atomic E-state index is 0.102. The topological polar surface area (TPSA) is 75.2 Å². The molecule has 2 aliphatic heterocycles. The van der Waals surface area contributed by atoms with Crippen LogP contribution in [0.1, 0.15) is 33.4 Å². The molecule has 2 amide bonds. The van der Waals surface area contributed by atoms with Crippen LogP contribution in [0.5, 0.6) is 11.5 Å². The molecule has 0 aliphatic carbocycles. The van der Waals surface area contributed by atoms with Crippen LogP contribution in [0.25, 0.3) is 0 Å². The molecule has 1 fully saturated rings. The number of amides is 2. The molecule has 1 aromatic heterocycles. The van der Waals surface area contributed by atoms with Gasteiger partial charge in [-0.25, -0.2) is 4.39 Å². The van der Waals surface area contributed by atoms with E-state index in [1.165, 1.54) is 20.3 Å². The van der Waals surface area contributed by atoms with Gasteiger partial charge < -0.3 is 24.2 Å². The Morgan fingerprint density at radius 3 is 2.35 bits per heavy atom. The number of hydrogen-bond donors (Lipinski definition) is 0. The molecule has 0 bridgehead atoms. The van der Waals surface area contributed by atoms with Crippen molar-refractivity contribution in [3.8, 4) is 11.5 Å². The Bertz CT molecular complexity index is 1310. The van der Waals surface area contributed by atoms with Crippen LogP contribution in [-0.4, -0.2) is 74.0 Å². The van der Waals surface area contributed by atoms with Gasteiger partial charge in [0.25, 0.3) is 5.91 Å². The van der Waals surface area contributed by atoms with E-state index in [9.17, 15) is 14.0 Å². The number of carbonyl (C=O) groups is 2. The molecule has 9 heteroatoms. The fourth-order valence-electron chi connectivity index (χ4n) is 5.35. The largest absolute Gasteiger partial charge is 0.493 e. The summed E-state index contributed by atoms with van der Waals surface area (Å²) in [5, 5.41) is 0. The van der Waals surface area contributed by atoms with Crippen LogP contribution >= 0.6 is 0 Å². The van der Waals surface area contributed by atoms with Gasteiger partial charge in [-0.2, -0.15) is 0 Å². The Labute approximate surface area is 215 Å². The number of carbonyl (C=O) groups excluding carboxylic acids is 2. The zero-order valence-electron chi connectivity index (χ0n) is 21.1. The highest BCUT2D eigenvalue weighted by Crippen LogP contribution is 2.46. The van der Waals surface area contributed by atoms with Crippen LogP contribution in [0.15, 0.2) is 60.9 Å². The number of benzene rings is 2. The molecule has 37 heavy (non-hydrogen) atoms. The summed E-state index contributed by atoms with van der Waals surface area (Å²) in [4.78, 5) is 37.3. The Kier molecular flexibility index (Phi) is 6.69. The summed E-state index contributed by atoms with van der Waals surface area (Å²) in [6.07, 6.45) is 3.35. The zero-order chi connectivity index (χ0) is 26.1. The third-order valence-electron chi connectivity index (χ3n) is 7.25. The number of ether oxygens (including phenoxy) is 2. The highest BCUT2D eigenvalue weighted by molar-refractivity contribution is 6.02. The summed E-state index contributed by atoms with van der Waals surface area (Å²) in [6, 6.07) is 13.2. The fraction of sp³-hybridized carbons (Fsp3) is 0.321. The van der Waals surface area contributed by atoms with Crippen molar-refractivity contribution in [3.05, 3.63) is 83.4 Å². The average molecular weight is 505 g/mol. The molecule has 0 unspecified atom stereocenters. The average Bonchev–Trinajstić information content (AvgIpc) is 2.94. The zero-order valence-corrected chi connectivity index (χ0v) is 21.1. The second kappa shape index (κ2) is 10.1. The van der Waals surface area contributed by atoms with E-state index in [1.807, 2.05) is 17.0 Å². The van der Waals surface area contributed by atoms with Crippen molar-refractivity contribution in [2.75, 3.05) is 52.3 Å². The number of hydrogen-bond acceptors (Lipinski definition) is 6. The van der Waals surface area contributed by atoms with E-state index in [0.717, 1.165) is 5.56 Å². The van der Waals surface area contributed by atoms with Crippen LogP contribution in [0.2, 0.25) is 0 Å². The maximum Gasteiger partial charge on any atom is 0.254 e. The molecule has 2 aliphatic rings. The van der Waals surface area contributed by atoms with Crippen molar-refractivity contribution in [3.63, 3.8) is 0 Å². The molecular weight excluding hydrogens is 475 g/mol. The fourth-order valence-corrected chi connectivity index (χ4v) is 5.35. The van der Waals surface area contributed by atoms with Gasteiger partial charge in [-0.15, -0.1) is 0 Å². The van der Waals surface area contributed by atoms with E-state index in [2.05, 4.69) is 4.98 Å². The van der Waals surface area contributed by atoms with Crippen molar-refractivity contribution in [1.82, 2.24) is 14.8 Å². The molecule has 8 nitrogen and oxygen atoms in total. The van der Waals surface area contributed by atoms with E-state index in [-0.39, 0.29) is 17.6 Å². The number of pyridine rings is 1. The SMILES string of the molecule is COc1cc2c(cc1OC)[C@H](C(=O)N1CCN(c3ccccc3F)CC1)[C@H](c1cccnc1)N(C)C2=O. The molecule has 3 aromatic rings. The Morgan fingerprint density at radius 1 is 1.00 bits per heavy atom. The first-order valence-electron chi connectivity index (χ1n) is 12.2. The third-order valence-corrected chi connectivity index (χ3v) is 7.25. The van der Waals surface area contributed by atoms with Gasteiger partial charge in [-0.3, -0.25) is 14.6 Å². The lowest BCUT2D eigenvalue weighted by Crippen LogP contribution is -2.53. The number of methoxy groups -OCH3 is 2. The van der Waals surface area contributed by atoms with Crippen molar-refractivity contribution >= 4 is 17.5 Å². The molecule has 0 saturated carbocycles. The number of likely N-dealkylation sites (N-methyl/N-ethyl adjacent to an activating group) is 1. The van der Waals surface area contributed by atoms with Gasteiger partial charge >= 0.3 is 0 Å². The lowest BCUT2D eigenvalue weighted by Gasteiger charge is -2.43. The number of anilines is 1. The molecule has 0 spiro atoms. The predicted octanol–water partition coefficient (Wildman–Crippen LogP) is 3.50. The minimum atomic E-state index is -0.679. The summed E-state index contributed by atoms with van der Waals surface area (Å²) in [7, 11) is 4.74. The second-order valence-corrected chi connectivity index (χ2v) is 9.18. The number of para-hydroxylation sites is 1. The predicted molar refractivity (Wildman–Crippen MR) is 137 cm³/mol. The van der Waals surface area contributed by atoms with E-state index in [0.29, 0.717) is 54.5 Å². The number of halogens is 1. The number of piperazine rings is 1. The van der Waals surface area contributed by atoms with Crippen LogP contribution in [0.3, 0.4) is 0 Å². The van der Waals surface area contributed by atoms with Gasteiger partial charge in [0.05, 0.1) is 31.9 Å². The van der Waals surface area contributed by atoms with Gasteiger partial charge in [0, 0.05) is 51.2 Å². The van der Waals surface area contributed by atoms with E-state index in [4.69, 9.17) is 9.47 Å². The summed E-state index contributed by atoms with van der Waals surface area (Å²) in [5.74, 6) is -0.394. The first-order chi connectivity index (χ1) is 17.9. The van der Waals surface area contributed by atoms with Crippen LogP contribution in [0, 0.1) is 5.82 Å². The van der Waals surface area contributed by atoms with E-state index >= 15 is 0 Å². The maximum absolute atomic E-state index is 14.4. The monoisotopic (exact) mass is 504 g/mol. The standard InChI is InChI=1S/C28H29FN4O4/c1-31-26(18-7-6-10-30-17-18)25(19-15-23(36-2)24(37-3)16-20(19)27(31)34)28(35)33-13-11-32(12-14-33)22-9-5-4-8-21(22)29/h4-10,15-17,25-26H,11-14H2,1-3H3/t25-,26-/m0/s1. The van der Waals surface area contributed by atoms with Crippen molar-refractivity contribution in [1.29, 1.82) is 0 Å². The molecule has 192 valence electrons. The van der Waals surface area contributed by atoms with Crippen LogP contribution < -0.4 is 14.4 Å². The van der Waals surface area contributed by atoms with E-state index < -0.39 is 12.0 Å². The van der Waals surface area contributed by atoms with Crippen molar-refractivity contribution in [2.24, 2.45) is 0 Å². The summed E-state index contributed by atoms with van der Waals surface area (Å²) < 4.78 is 25.3. The van der Waals surface area contributed by atoms with Gasteiger partial charge in [0.15, 0.2) is 11.5 Å². The van der Waals surface area contributed by atoms with E-state index in [1.54, 1.807) is 59.6 Å². The lowest BCUT2D eigenvalue weighted by molar-refractivity contribution is -0.134. The smallest absolute Gasteiger partial charge is 0.254 e. The van der Waals surface area contributed by atoms with Gasteiger partial charge in [-0.1, -0.05) is 18.2 Å². The minimum Gasteiger partial charge on any atom is -0.493 e. The molecular formula is C28H29FN4O4. The first kappa shape index (κ1) is 24.5. The molecule has 2 aromatic carbocycles. The van der Waals surface area contributed by atoms with Gasteiger partial charge in [0.2, 0.25) is 5.91 Å². The third kappa shape index (κ3) is 4.34. The first-order valence-corrected chi connectivity index (χ1v) is 12.2. The maximum atomic E-state index is 14.4. The quantitative estimate of drug-likeness (QED) is 0.530. The Morgan fingerprint density at radius 2 is 1.70 bits per heavy atom. The number of fused-ring (bicyclic) bond motifs is 1. The number of nitrogens with zero attached hydrogens (tertiary/aromatic N) is 4. The normalized spacial score (nSPS) is 19.5. The van der Waals surface area contributed by atoms with Crippen molar-refractivity contribution in [2.45, 2.75) is 12.0 Å². The molecule has 1 saturated heterocycles. The highest BCUT2D eigenvalue weighted by Gasteiger charge is 2.45.